The van der Waals surface area contributed by atoms with Gasteiger partial charge in [-0.15, -0.1) is 0 Å². The highest BCUT2D eigenvalue weighted by Crippen LogP contribution is 2.20. The molecule has 100 valence electrons. The summed E-state index contributed by atoms with van der Waals surface area (Å²) >= 11 is 0. The Kier molecular flexibility index (Phi) is 4.36. The highest BCUT2D eigenvalue weighted by molar-refractivity contribution is 5.74. The van der Waals surface area contributed by atoms with Gasteiger partial charge in [-0.05, 0) is 26.2 Å². The number of hydrogen-bond acceptors (Lipinski definition) is 4. The summed E-state index contributed by atoms with van der Waals surface area (Å²) < 4.78 is 7.03. The van der Waals surface area contributed by atoms with Crippen molar-refractivity contribution in [1.29, 1.82) is 0 Å². The number of esters is 1. The van der Waals surface area contributed by atoms with E-state index in [2.05, 4.69) is 10.3 Å². The lowest BCUT2D eigenvalue weighted by atomic mass is 10.2. The molecule has 1 unspecified atom stereocenters. The van der Waals surface area contributed by atoms with Crippen LogP contribution < -0.4 is 5.32 Å². The third-order valence-electron chi connectivity index (χ3n) is 3.16. The van der Waals surface area contributed by atoms with Gasteiger partial charge >= 0.3 is 5.97 Å². The summed E-state index contributed by atoms with van der Waals surface area (Å²) in [7, 11) is 0. The number of nitrogens with zero attached hydrogens (tertiary/aromatic N) is 2. The first kappa shape index (κ1) is 13.1. The van der Waals surface area contributed by atoms with E-state index in [-0.39, 0.29) is 12.0 Å². The van der Waals surface area contributed by atoms with Gasteiger partial charge in [0.2, 0.25) is 0 Å². The molecule has 1 saturated carbocycles. The number of rotatable bonds is 7. The number of ether oxygens (including phenoxy) is 1. The molecule has 0 bridgehead atoms. The van der Waals surface area contributed by atoms with Crippen molar-refractivity contribution < 1.29 is 9.53 Å². The maximum Gasteiger partial charge on any atom is 0.329 e. The van der Waals surface area contributed by atoms with E-state index in [4.69, 9.17) is 4.74 Å². The second kappa shape index (κ2) is 6.00. The Labute approximate surface area is 108 Å². The van der Waals surface area contributed by atoms with Crippen LogP contribution in [0.3, 0.4) is 0 Å². The topological polar surface area (TPSA) is 56.2 Å². The van der Waals surface area contributed by atoms with E-state index in [1.165, 1.54) is 12.8 Å². The number of aromatic nitrogens is 2. The molecule has 0 aliphatic heterocycles. The van der Waals surface area contributed by atoms with Crippen LogP contribution in [0.15, 0.2) is 12.4 Å². The molecule has 0 saturated heterocycles. The van der Waals surface area contributed by atoms with Gasteiger partial charge in [0.15, 0.2) is 0 Å². The van der Waals surface area contributed by atoms with Crippen molar-refractivity contribution in [2.24, 2.45) is 0 Å². The second-order valence-corrected chi connectivity index (χ2v) is 4.58. The summed E-state index contributed by atoms with van der Waals surface area (Å²) in [6, 6.07) is 0.376. The van der Waals surface area contributed by atoms with Crippen LogP contribution in [0.25, 0.3) is 0 Å². The number of nitrogens with one attached hydrogen (secondary N) is 1. The molecule has 2 rings (SSSR count). The summed E-state index contributed by atoms with van der Waals surface area (Å²) in [5, 5.41) is 3.41. The zero-order chi connectivity index (χ0) is 13.0. The number of carbonyl (C=O) groups is 1. The van der Waals surface area contributed by atoms with Crippen LogP contribution in [0.1, 0.15) is 45.0 Å². The van der Waals surface area contributed by atoms with Crippen LogP contribution in [-0.4, -0.2) is 28.2 Å². The number of hydrogen-bond donors (Lipinski definition) is 1. The van der Waals surface area contributed by atoms with Gasteiger partial charge in [-0.2, -0.15) is 0 Å². The molecule has 18 heavy (non-hydrogen) atoms. The van der Waals surface area contributed by atoms with Crippen molar-refractivity contribution in [1.82, 2.24) is 14.9 Å². The first-order valence-electron chi connectivity index (χ1n) is 6.68. The third kappa shape index (κ3) is 3.10. The van der Waals surface area contributed by atoms with Gasteiger partial charge in [-0.25, -0.2) is 9.78 Å². The molecule has 1 N–H and O–H groups in total. The van der Waals surface area contributed by atoms with Gasteiger partial charge in [0.1, 0.15) is 11.9 Å². The zero-order valence-corrected chi connectivity index (χ0v) is 11.1. The summed E-state index contributed by atoms with van der Waals surface area (Å²) in [4.78, 5) is 16.2. The Balaban J connectivity index is 2.04. The first-order chi connectivity index (χ1) is 8.76. The van der Waals surface area contributed by atoms with Gasteiger partial charge in [0, 0.05) is 18.4 Å². The Hall–Kier alpha value is -1.36. The molecule has 1 aromatic rings. The van der Waals surface area contributed by atoms with Crippen molar-refractivity contribution in [3.63, 3.8) is 0 Å². The molecule has 0 amide bonds. The molecule has 5 heteroatoms. The molecule has 1 atom stereocenters. The highest BCUT2D eigenvalue weighted by Gasteiger charge is 2.24. The molecular weight excluding hydrogens is 230 g/mol. The fourth-order valence-corrected chi connectivity index (χ4v) is 2.00. The van der Waals surface area contributed by atoms with E-state index in [9.17, 15) is 4.79 Å². The summed E-state index contributed by atoms with van der Waals surface area (Å²) in [6.07, 6.45) is 6.80. The van der Waals surface area contributed by atoms with Crippen LogP contribution in [-0.2, 0) is 16.1 Å². The molecule has 0 radical (unpaired) electrons. The van der Waals surface area contributed by atoms with E-state index >= 15 is 0 Å². The van der Waals surface area contributed by atoms with Crippen molar-refractivity contribution in [3.05, 3.63) is 18.2 Å². The van der Waals surface area contributed by atoms with Crippen molar-refractivity contribution >= 4 is 5.97 Å². The highest BCUT2D eigenvalue weighted by atomic mass is 16.5. The normalized spacial score (nSPS) is 16.6. The van der Waals surface area contributed by atoms with Gasteiger partial charge < -0.3 is 14.6 Å². The van der Waals surface area contributed by atoms with E-state index < -0.39 is 0 Å². The minimum Gasteiger partial charge on any atom is -0.464 e. The minimum atomic E-state index is -0.261. The van der Waals surface area contributed by atoms with Gasteiger partial charge in [-0.1, -0.05) is 6.92 Å². The second-order valence-electron chi connectivity index (χ2n) is 4.58. The largest absolute Gasteiger partial charge is 0.464 e. The Morgan fingerprint density at radius 2 is 2.39 bits per heavy atom. The van der Waals surface area contributed by atoms with E-state index in [0.29, 0.717) is 25.6 Å². The molecule has 5 nitrogen and oxygen atoms in total. The molecular formula is C13H21N3O2. The molecule has 1 aliphatic rings. The molecule has 1 heterocycles. The quantitative estimate of drug-likeness (QED) is 0.749. The monoisotopic (exact) mass is 251 g/mol. The van der Waals surface area contributed by atoms with Crippen molar-refractivity contribution in [3.8, 4) is 0 Å². The van der Waals surface area contributed by atoms with Gasteiger partial charge in [0.25, 0.3) is 0 Å². The molecule has 1 fully saturated rings. The average molecular weight is 251 g/mol. The average Bonchev–Trinajstić information content (AvgIpc) is 3.08. The first-order valence-corrected chi connectivity index (χ1v) is 6.68. The standard InChI is InChI=1S/C13H21N3O2/c1-3-11(13(17)18-4-2)16-8-7-14-12(16)9-15-10-5-6-10/h7-8,10-11,15H,3-6,9H2,1-2H3. The van der Waals surface area contributed by atoms with Crippen LogP contribution >= 0.6 is 0 Å². The van der Waals surface area contributed by atoms with Crippen LogP contribution in [0, 0.1) is 0 Å². The molecule has 1 aliphatic carbocycles. The van der Waals surface area contributed by atoms with Crippen molar-refractivity contribution in [2.45, 2.75) is 51.7 Å². The van der Waals surface area contributed by atoms with Crippen LogP contribution in [0.4, 0.5) is 0 Å². The Morgan fingerprint density at radius 3 is 3.00 bits per heavy atom. The van der Waals surface area contributed by atoms with Crippen LogP contribution in [0.5, 0.6) is 0 Å². The van der Waals surface area contributed by atoms with Gasteiger partial charge in [0.05, 0.1) is 13.2 Å². The summed E-state index contributed by atoms with van der Waals surface area (Å²) in [6.45, 7) is 4.95. The Morgan fingerprint density at radius 1 is 1.61 bits per heavy atom. The lowest BCUT2D eigenvalue weighted by Gasteiger charge is -2.17. The lowest BCUT2D eigenvalue weighted by molar-refractivity contribution is -0.147. The zero-order valence-electron chi connectivity index (χ0n) is 11.1. The number of carbonyl (C=O) groups excluding carboxylic acids is 1. The summed E-state index contributed by atoms with van der Waals surface area (Å²) in [5.74, 6) is 0.729. The number of imidazole rings is 1. The van der Waals surface area contributed by atoms with Gasteiger partial charge in [-0.3, -0.25) is 0 Å². The maximum atomic E-state index is 11.9. The van der Waals surface area contributed by atoms with E-state index in [1.807, 2.05) is 24.6 Å². The van der Waals surface area contributed by atoms with E-state index in [0.717, 1.165) is 5.82 Å². The molecule has 0 spiro atoms. The van der Waals surface area contributed by atoms with E-state index in [1.54, 1.807) is 6.20 Å². The molecule has 1 aromatic heterocycles. The summed E-state index contributed by atoms with van der Waals surface area (Å²) in [5.41, 5.74) is 0. The maximum absolute atomic E-state index is 11.9. The third-order valence-corrected chi connectivity index (χ3v) is 3.16. The fraction of sp³-hybridized carbons (Fsp3) is 0.692. The smallest absolute Gasteiger partial charge is 0.329 e. The molecule has 0 aromatic carbocycles. The SMILES string of the molecule is CCOC(=O)C(CC)n1ccnc1CNC1CC1. The Bertz CT molecular complexity index is 399. The lowest BCUT2D eigenvalue weighted by Crippen LogP contribution is -2.25. The predicted molar refractivity (Wildman–Crippen MR) is 68.0 cm³/mol. The fourth-order valence-electron chi connectivity index (χ4n) is 2.00. The predicted octanol–water partition coefficient (Wildman–Crippen LogP) is 1.65. The van der Waals surface area contributed by atoms with Crippen molar-refractivity contribution in [2.75, 3.05) is 6.61 Å². The minimum absolute atomic E-state index is 0.175. The van der Waals surface area contributed by atoms with Crippen LogP contribution in [0.2, 0.25) is 0 Å².